The van der Waals surface area contributed by atoms with E-state index in [4.69, 9.17) is 11.6 Å². The molecule has 0 atom stereocenters. The molecule has 0 fully saturated rings. The molecule has 22 heavy (non-hydrogen) atoms. The van der Waals surface area contributed by atoms with Crippen LogP contribution in [0.2, 0.25) is 5.02 Å². The van der Waals surface area contributed by atoms with E-state index >= 15 is 0 Å². The zero-order valence-corrected chi connectivity index (χ0v) is 12.5. The second-order valence-electron chi connectivity index (χ2n) is 5.12. The van der Waals surface area contributed by atoms with Crippen molar-refractivity contribution in [1.82, 2.24) is 15.1 Å². The first-order chi connectivity index (χ1) is 10.4. The minimum absolute atomic E-state index is 0.163. The van der Waals surface area contributed by atoms with Crippen molar-refractivity contribution in [3.63, 3.8) is 0 Å². The molecule has 0 amide bonds. The van der Waals surface area contributed by atoms with Gasteiger partial charge in [0.1, 0.15) is 0 Å². The van der Waals surface area contributed by atoms with Crippen LogP contribution in [0.15, 0.2) is 24.3 Å². The number of rotatable bonds is 1. The number of aryl methyl sites for hydroxylation is 1. The SMILES string of the molecule is Cn1nc(C(F)(F)F)c2c1/C(=C/c1ccc(Cl)cc1)CNC2. The van der Waals surface area contributed by atoms with Gasteiger partial charge in [0, 0.05) is 30.7 Å². The van der Waals surface area contributed by atoms with Crippen LogP contribution >= 0.6 is 11.6 Å². The van der Waals surface area contributed by atoms with Gasteiger partial charge in [-0.15, -0.1) is 0 Å². The first-order valence-corrected chi connectivity index (χ1v) is 7.04. The van der Waals surface area contributed by atoms with Crippen molar-refractivity contribution in [3.8, 4) is 0 Å². The summed E-state index contributed by atoms with van der Waals surface area (Å²) in [6.07, 6.45) is -2.60. The van der Waals surface area contributed by atoms with Crippen LogP contribution in [0.5, 0.6) is 0 Å². The van der Waals surface area contributed by atoms with E-state index < -0.39 is 11.9 Å². The maximum absolute atomic E-state index is 13.0. The fourth-order valence-electron chi connectivity index (χ4n) is 2.65. The maximum Gasteiger partial charge on any atom is 0.435 e. The van der Waals surface area contributed by atoms with Crippen molar-refractivity contribution in [2.75, 3.05) is 6.54 Å². The van der Waals surface area contributed by atoms with E-state index in [1.807, 2.05) is 18.2 Å². The summed E-state index contributed by atoms with van der Waals surface area (Å²) in [5.74, 6) is 0. The number of fused-ring (bicyclic) bond motifs is 1. The molecule has 2 aromatic rings. The molecule has 0 bridgehead atoms. The van der Waals surface area contributed by atoms with Crippen molar-refractivity contribution >= 4 is 23.3 Å². The lowest BCUT2D eigenvalue weighted by Crippen LogP contribution is -2.25. The highest BCUT2D eigenvalue weighted by Crippen LogP contribution is 2.36. The second-order valence-corrected chi connectivity index (χ2v) is 5.56. The number of alkyl halides is 3. The lowest BCUT2D eigenvalue weighted by Gasteiger charge is -2.19. The number of hydrogen-bond donors (Lipinski definition) is 1. The van der Waals surface area contributed by atoms with Gasteiger partial charge in [-0.05, 0) is 29.3 Å². The van der Waals surface area contributed by atoms with E-state index in [-0.39, 0.29) is 12.1 Å². The Morgan fingerprint density at radius 1 is 1.23 bits per heavy atom. The molecular weight excluding hydrogens is 315 g/mol. The van der Waals surface area contributed by atoms with Crippen LogP contribution in [0, 0.1) is 0 Å². The van der Waals surface area contributed by atoms with E-state index in [2.05, 4.69) is 10.4 Å². The second kappa shape index (κ2) is 5.44. The Bertz CT molecular complexity index is 730. The Morgan fingerprint density at radius 2 is 1.91 bits per heavy atom. The van der Waals surface area contributed by atoms with Crippen LogP contribution in [0.25, 0.3) is 11.6 Å². The summed E-state index contributed by atoms with van der Waals surface area (Å²) >= 11 is 5.84. The smallest absolute Gasteiger partial charge is 0.308 e. The van der Waals surface area contributed by atoms with Gasteiger partial charge < -0.3 is 5.32 Å². The van der Waals surface area contributed by atoms with E-state index in [0.29, 0.717) is 17.3 Å². The van der Waals surface area contributed by atoms with Crippen molar-refractivity contribution in [3.05, 3.63) is 51.8 Å². The molecule has 0 saturated heterocycles. The van der Waals surface area contributed by atoms with E-state index in [1.54, 1.807) is 12.1 Å². The molecule has 3 nitrogen and oxygen atoms in total. The van der Waals surface area contributed by atoms with Gasteiger partial charge in [-0.25, -0.2) is 0 Å². The van der Waals surface area contributed by atoms with Crippen LogP contribution in [0.3, 0.4) is 0 Å². The van der Waals surface area contributed by atoms with Gasteiger partial charge in [-0.1, -0.05) is 23.7 Å². The van der Waals surface area contributed by atoms with Gasteiger partial charge in [0.05, 0.1) is 5.69 Å². The molecule has 7 heteroatoms. The lowest BCUT2D eigenvalue weighted by molar-refractivity contribution is -0.142. The number of aromatic nitrogens is 2. The Labute approximate surface area is 130 Å². The van der Waals surface area contributed by atoms with Crippen LogP contribution in [-0.4, -0.2) is 16.3 Å². The minimum atomic E-state index is -4.45. The average Bonchev–Trinajstić information content (AvgIpc) is 2.80. The molecule has 1 aromatic carbocycles. The van der Waals surface area contributed by atoms with Crippen LogP contribution < -0.4 is 5.32 Å². The summed E-state index contributed by atoms with van der Waals surface area (Å²) in [5.41, 5.74) is 1.56. The zero-order valence-electron chi connectivity index (χ0n) is 11.7. The molecule has 0 aliphatic carbocycles. The first kappa shape index (κ1) is 15.1. The summed E-state index contributed by atoms with van der Waals surface area (Å²) in [4.78, 5) is 0. The molecule has 1 aliphatic heterocycles. The van der Waals surface area contributed by atoms with E-state index in [0.717, 1.165) is 11.1 Å². The molecule has 0 radical (unpaired) electrons. The molecule has 2 heterocycles. The van der Waals surface area contributed by atoms with Crippen LogP contribution in [0.1, 0.15) is 22.5 Å². The third kappa shape index (κ3) is 2.76. The van der Waals surface area contributed by atoms with Crippen molar-refractivity contribution < 1.29 is 13.2 Å². The van der Waals surface area contributed by atoms with Crippen LogP contribution in [0.4, 0.5) is 13.2 Å². The first-order valence-electron chi connectivity index (χ1n) is 6.66. The quantitative estimate of drug-likeness (QED) is 0.865. The Balaban J connectivity index is 2.08. The third-order valence-electron chi connectivity index (χ3n) is 3.55. The van der Waals surface area contributed by atoms with Gasteiger partial charge in [0.15, 0.2) is 5.69 Å². The zero-order chi connectivity index (χ0) is 15.9. The minimum Gasteiger partial charge on any atom is -0.308 e. The summed E-state index contributed by atoms with van der Waals surface area (Å²) in [7, 11) is 1.54. The predicted molar refractivity (Wildman–Crippen MR) is 79.2 cm³/mol. The lowest BCUT2D eigenvalue weighted by atomic mass is 9.99. The van der Waals surface area contributed by atoms with Crippen molar-refractivity contribution in [2.45, 2.75) is 12.7 Å². The molecule has 3 rings (SSSR count). The maximum atomic E-state index is 13.0. The highest BCUT2D eigenvalue weighted by atomic mass is 35.5. The topological polar surface area (TPSA) is 29.9 Å². The van der Waals surface area contributed by atoms with Crippen molar-refractivity contribution in [2.24, 2.45) is 7.05 Å². The predicted octanol–water partition coefficient (Wildman–Crippen LogP) is 3.74. The van der Waals surface area contributed by atoms with Gasteiger partial charge >= 0.3 is 6.18 Å². The molecule has 0 saturated carbocycles. The molecule has 0 spiro atoms. The molecule has 0 unspecified atom stereocenters. The Kier molecular flexibility index (Phi) is 3.74. The molecular formula is C15H13ClF3N3. The third-order valence-corrected chi connectivity index (χ3v) is 3.80. The number of hydrogen-bond acceptors (Lipinski definition) is 2. The number of benzene rings is 1. The van der Waals surface area contributed by atoms with Crippen molar-refractivity contribution in [1.29, 1.82) is 0 Å². The van der Waals surface area contributed by atoms with Crippen LogP contribution in [-0.2, 0) is 19.8 Å². The standard InChI is InChI=1S/C15H13ClF3N3/c1-22-13-10(6-9-2-4-11(16)5-3-9)7-20-8-12(13)14(21-22)15(17,18)19/h2-6,20H,7-8H2,1H3/b10-6+. The number of nitrogens with zero attached hydrogens (tertiary/aromatic N) is 2. The summed E-state index contributed by atoms with van der Waals surface area (Å²) in [6.45, 7) is 0.655. The fourth-order valence-corrected chi connectivity index (χ4v) is 2.78. The number of nitrogens with one attached hydrogen (secondary N) is 1. The Hall–Kier alpha value is -1.79. The normalized spacial score (nSPS) is 16.9. The van der Waals surface area contributed by atoms with E-state index in [1.165, 1.54) is 11.7 Å². The summed E-state index contributed by atoms with van der Waals surface area (Å²) in [6, 6.07) is 7.14. The molecule has 1 N–H and O–H groups in total. The summed E-state index contributed by atoms with van der Waals surface area (Å²) in [5, 5.41) is 7.28. The number of halogens is 4. The summed E-state index contributed by atoms with van der Waals surface area (Å²) < 4.78 is 40.5. The van der Waals surface area contributed by atoms with Gasteiger partial charge in [0.25, 0.3) is 0 Å². The van der Waals surface area contributed by atoms with Gasteiger partial charge in [0.2, 0.25) is 0 Å². The highest BCUT2D eigenvalue weighted by molar-refractivity contribution is 6.30. The fraction of sp³-hybridized carbons (Fsp3) is 0.267. The van der Waals surface area contributed by atoms with E-state index in [9.17, 15) is 13.2 Å². The molecule has 116 valence electrons. The molecule has 1 aliphatic rings. The monoisotopic (exact) mass is 327 g/mol. The van der Waals surface area contributed by atoms with Gasteiger partial charge in [-0.3, -0.25) is 4.68 Å². The Morgan fingerprint density at radius 3 is 2.55 bits per heavy atom. The highest BCUT2D eigenvalue weighted by Gasteiger charge is 2.39. The average molecular weight is 328 g/mol. The largest absolute Gasteiger partial charge is 0.435 e. The van der Waals surface area contributed by atoms with Gasteiger partial charge in [-0.2, -0.15) is 18.3 Å². The molecule has 1 aromatic heterocycles.